The summed E-state index contributed by atoms with van der Waals surface area (Å²) in [7, 11) is 0. The molecule has 2 atom stereocenters. The quantitative estimate of drug-likeness (QED) is 0.860. The Bertz CT molecular complexity index is 287. The van der Waals surface area contributed by atoms with Crippen LogP contribution in [0.5, 0.6) is 0 Å². The lowest BCUT2D eigenvalue weighted by molar-refractivity contribution is 0.0196. The van der Waals surface area contributed by atoms with Crippen LogP contribution in [0.2, 0.25) is 0 Å². The molecule has 1 saturated carbocycles. The Kier molecular flexibility index (Phi) is 4.45. The van der Waals surface area contributed by atoms with Gasteiger partial charge in [-0.05, 0) is 44.8 Å². The summed E-state index contributed by atoms with van der Waals surface area (Å²) < 4.78 is 0.563. The van der Waals surface area contributed by atoms with Crippen molar-refractivity contribution in [2.75, 3.05) is 12.8 Å². The van der Waals surface area contributed by atoms with Gasteiger partial charge in [-0.2, -0.15) is 11.8 Å². The molecule has 2 unspecified atom stereocenters. The minimum atomic E-state index is 0.475. The van der Waals surface area contributed by atoms with Gasteiger partial charge in [0.2, 0.25) is 0 Å². The monoisotopic (exact) mass is 282 g/mol. The zero-order valence-electron chi connectivity index (χ0n) is 12.4. The van der Waals surface area contributed by atoms with Crippen molar-refractivity contribution in [1.82, 2.24) is 4.90 Å². The largest absolute Gasteiger partial charge is 0.328 e. The molecule has 3 heteroatoms. The number of fused-ring (bicyclic) bond motifs is 2. The van der Waals surface area contributed by atoms with Crippen molar-refractivity contribution in [1.29, 1.82) is 0 Å². The van der Waals surface area contributed by atoms with Gasteiger partial charge in [0.15, 0.2) is 0 Å². The molecule has 0 spiro atoms. The maximum atomic E-state index is 6.25. The summed E-state index contributed by atoms with van der Waals surface area (Å²) in [5, 5.41) is 0. The molecule has 3 fully saturated rings. The van der Waals surface area contributed by atoms with Gasteiger partial charge in [0.1, 0.15) is 0 Å². The molecule has 2 aliphatic heterocycles. The normalized spacial score (nSPS) is 39.2. The lowest BCUT2D eigenvalue weighted by atomic mass is 9.79. The Morgan fingerprint density at radius 3 is 2.26 bits per heavy atom. The van der Waals surface area contributed by atoms with Crippen molar-refractivity contribution < 1.29 is 0 Å². The van der Waals surface area contributed by atoms with Crippen LogP contribution in [0.15, 0.2) is 0 Å². The number of nitrogens with two attached hydrogens (primary N) is 1. The van der Waals surface area contributed by atoms with E-state index < -0.39 is 0 Å². The van der Waals surface area contributed by atoms with Crippen molar-refractivity contribution in [3.63, 3.8) is 0 Å². The van der Waals surface area contributed by atoms with Crippen LogP contribution in [0.25, 0.3) is 0 Å². The molecule has 0 amide bonds. The number of hydrogen-bond donors (Lipinski definition) is 1. The average molecular weight is 282 g/mol. The highest BCUT2D eigenvalue weighted by atomic mass is 32.2. The average Bonchev–Trinajstić information content (AvgIpc) is 2.41. The number of hydrogen-bond acceptors (Lipinski definition) is 3. The maximum Gasteiger partial charge on any atom is 0.0284 e. The summed E-state index contributed by atoms with van der Waals surface area (Å²) in [6.07, 6.45) is 16.3. The lowest BCUT2D eigenvalue weighted by Gasteiger charge is -2.52. The third kappa shape index (κ3) is 2.98. The van der Waals surface area contributed by atoms with Gasteiger partial charge >= 0.3 is 0 Å². The van der Waals surface area contributed by atoms with Crippen molar-refractivity contribution in [2.45, 2.75) is 87.1 Å². The van der Waals surface area contributed by atoms with Crippen molar-refractivity contribution >= 4 is 11.8 Å². The molecule has 2 saturated heterocycles. The second-order valence-electron chi connectivity index (χ2n) is 7.09. The highest BCUT2D eigenvalue weighted by molar-refractivity contribution is 8.00. The first-order valence-corrected chi connectivity index (χ1v) is 9.51. The summed E-state index contributed by atoms with van der Waals surface area (Å²) in [4.78, 5) is 2.88. The van der Waals surface area contributed by atoms with Gasteiger partial charge in [0.25, 0.3) is 0 Å². The number of nitrogens with zero attached hydrogens (tertiary/aromatic N) is 1. The molecule has 2 nitrogen and oxygen atoms in total. The molecular formula is C16H30N2S. The molecule has 2 heterocycles. The fraction of sp³-hybridized carbons (Fsp3) is 1.00. The van der Waals surface area contributed by atoms with E-state index >= 15 is 0 Å². The van der Waals surface area contributed by atoms with E-state index in [-0.39, 0.29) is 0 Å². The van der Waals surface area contributed by atoms with Crippen molar-refractivity contribution in [3.05, 3.63) is 0 Å². The molecule has 1 aliphatic carbocycles. The highest BCUT2D eigenvalue weighted by Gasteiger charge is 2.42. The Morgan fingerprint density at radius 1 is 1.05 bits per heavy atom. The van der Waals surface area contributed by atoms with Crippen LogP contribution >= 0.6 is 11.8 Å². The Morgan fingerprint density at radius 2 is 1.68 bits per heavy atom. The van der Waals surface area contributed by atoms with Gasteiger partial charge in [-0.3, -0.25) is 4.90 Å². The maximum absolute atomic E-state index is 6.25. The molecule has 0 aromatic rings. The van der Waals surface area contributed by atoms with Crippen molar-refractivity contribution in [3.8, 4) is 0 Å². The number of rotatable bonds is 3. The van der Waals surface area contributed by atoms with Gasteiger partial charge < -0.3 is 5.73 Å². The molecule has 2 N–H and O–H groups in total. The van der Waals surface area contributed by atoms with E-state index in [1.165, 1.54) is 70.8 Å². The minimum Gasteiger partial charge on any atom is -0.328 e. The van der Waals surface area contributed by atoms with Crippen LogP contribution in [-0.4, -0.2) is 40.6 Å². The molecule has 0 aromatic carbocycles. The van der Waals surface area contributed by atoms with Gasteiger partial charge in [-0.1, -0.05) is 25.7 Å². The number of thioether (sulfide) groups is 1. The first-order chi connectivity index (χ1) is 9.22. The van der Waals surface area contributed by atoms with Gasteiger partial charge in [-0.25, -0.2) is 0 Å². The van der Waals surface area contributed by atoms with Crippen LogP contribution in [0.3, 0.4) is 0 Å². The molecular weight excluding hydrogens is 252 g/mol. The summed E-state index contributed by atoms with van der Waals surface area (Å²) in [5.41, 5.74) is 6.25. The van der Waals surface area contributed by atoms with Gasteiger partial charge in [0.05, 0.1) is 0 Å². The zero-order valence-corrected chi connectivity index (χ0v) is 13.3. The predicted octanol–water partition coefficient (Wildman–Crippen LogP) is 3.40. The van der Waals surface area contributed by atoms with E-state index in [0.717, 1.165) is 12.1 Å². The fourth-order valence-corrected chi connectivity index (χ4v) is 5.71. The minimum absolute atomic E-state index is 0.475. The SMILES string of the molecule is CSC1(CN2C3CCCC2CC(N)C3)CCCCC1. The molecule has 0 aromatic heterocycles. The van der Waals surface area contributed by atoms with Crippen LogP contribution < -0.4 is 5.73 Å². The second kappa shape index (κ2) is 5.95. The fourth-order valence-electron chi connectivity index (χ4n) is 4.73. The summed E-state index contributed by atoms with van der Waals surface area (Å²) in [5.74, 6) is 0. The van der Waals surface area contributed by atoms with Crippen LogP contribution in [-0.2, 0) is 0 Å². The highest BCUT2D eigenvalue weighted by Crippen LogP contribution is 2.43. The molecule has 3 rings (SSSR count). The standard InChI is InChI=1S/C16H30N2S/c1-19-16(8-3-2-4-9-16)12-18-14-6-5-7-15(18)11-13(17)10-14/h13-15H,2-12,17H2,1H3. The molecule has 3 aliphatic rings. The smallest absolute Gasteiger partial charge is 0.0284 e. The van der Waals surface area contributed by atoms with E-state index in [4.69, 9.17) is 5.73 Å². The summed E-state index contributed by atoms with van der Waals surface area (Å²) >= 11 is 2.15. The Labute approximate surface area is 122 Å². The third-order valence-corrected chi connectivity index (χ3v) is 7.23. The first kappa shape index (κ1) is 14.2. The Hall–Kier alpha value is 0.270. The van der Waals surface area contributed by atoms with Crippen LogP contribution in [0.1, 0.15) is 64.2 Å². The third-order valence-electron chi connectivity index (χ3n) is 5.83. The molecule has 2 bridgehead atoms. The van der Waals surface area contributed by atoms with E-state index in [1.54, 1.807) is 0 Å². The first-order valence-electron chi connectivity index (χ1n) is 8.29. The topological polar surface area (TPSA) is 29.3 Å². The predicted molar refractivity (Wildman–Crippen MR) is 84.7 cm³/mol. The number of piperidine rings is 2. The van der Waals surface area contributed by atoms with Gasteiger partial charge in [-0.15, -0.1) is 0 Å². The molecule has 0 radical (unpaired) electrons. The summed E-state index contributed by atoms with van der Waals surface area (Å²) in [6.45, 7) is 1.34. The van der Waals surface area contributed by atoms with E-state index in [0.29, 0.717) is 10.8 Å². The second-order valence-corrected chi connectivity index (χ2v) is 8.36. The van der Waals surface area contributed by atoms with Crippen LogP contribution in [0.4, 0.5) is 0 Å². The molecule has 110 valence electrons. The van der Waals surface area contributed by atoms with Gasteiger partial charge in [0, 0.05) is 29.4 Å². The van der Waals surface area contributed by atoms with E-state index in [2.05, 4.69) is 22.9 Å². The zero-order chi connectivity index (χ0) is 13.3. The Balaban J connectivity index is 1.70. The molecule has 19 heavy (non-hydrogen) atoms. The van der Waals surface area contributed by atoms with E-state index in [1.807, 2.05) is 0 Å². The van der Waals surface area contributed by atoms with Crippen molar-refractivity contribution in [2.24, 2.45) is 5.73 Å². The van der Waals surface area contributed by atoms with E-state index in [9.17, 15) is 0 Å². The summed E-state index contributed by atoms with van der Waals surface area (Å²) in [6, 6.07) is 2.07. The lowest BCUT2D eigenvalue weighted by Crippen LogP contribution is -2.59. The van der Waals surface area contributed by atoms with Crippen LogP contribution in [0, 0.1) is 0 Å².